The predicted molar refractivity (Wildman–Crippen MR) is 118 cm³/mol. The van der Waals surface area contributed by atoms with Crippen molar-refractivity contribution in [2.75, 3.05) is 33.4 Å². The second kappa shape index (κ2) is 11.1. The summed E-state index contributed by atoms with van der Waals surface area (Å²) in [5.41, 5.74) is 0.934. The molecule has 0 saturated carbocycles. The first-order valence-corrected chi connectivity index (χ1v) is 12.5. The van der Waals surface area contributed by atoms with Gasteiger partial charge < -0.3 is 19.9 Å². The second-order valence-electron chi connectivity index (χ2n) is 7.31. The van der Waals surface area contributed by atoms with Gasteiger partial charge >= 0.3 is 0 Å². The average Bonchev–Trinajstić information content (AvgIpc) is 3.29. The average molecular weight is 469 g/mol. The molecule has 0 aliphatic carbocycles. The highest BCUT2D eigenvalue weighted by Crippen LogP contribution is 2.27. The van der Waals surface area contributed by atoms with Gasteiger partial charge in [-0.2, -0.15) is 4.31 Å². The Hall–Kier alpha value is -1.98. The van der Waals surface area contributed by atoms with Crippen LogP contribution in [0.2, 0.25) is 0 Å². The molecule has 0 radical (unpaired) electrons. The number of hydrogen-bond donors (Lipinski definition) is 2. The number of sulfonamides is 1. The van der Waals surface area contributed by atoms with E-state index in [1.54, 1.807) is 12.5 Å². The Bertz CT molecular complexity index is 953. The molecule has 1 aliphatic heterocycles. The number of rotatable bonds is 10. The summed E-state index contributed by atoms with van der Waals surface area (Å²) in [6, 6.07) is 8.86. The van der Waals surface area contributed by atoms with Crippen molar-refractivity contribution in [2.45, 2.75) is 36.9 Å². The lowest BCUT2D eigenvalue weighted by atomic mass is 10.2. The highest BCUT2D eigenvalue weighted by Gasteiger charge is 2.31. The van der Waals surface area contributed by atoms with Crippen LogP contribution in [0.25, 0.3) is 0 Å². The number of aliphatic hydroxyl groups excluding tert-OH is 1. The number of thiophene rings is 1. The van der Waals surface area contributed by atoms with Gasteiger partial charge in [-0.05, 0) is 42.0 Å². The van der Waals surface area contributed by atoms with Crippen LogP contribution in [0.15, 0.2) is 40.6 Å². The number of nitrogens with one attached hydrogen (secondary N) is 1. The van der Waals surface area contributed by atoms with Crippen molar-refractivity contribution >= 4 is 27.3 Å². The Morgan fingerprint density at radius 1 is 1.19 bits per heavy atom. The minimum atomic E-state index is -3.70. The number of ether oxygens (including phenoxy) is 2. The SMILES string of the molecule is COc1ccc(COCC(O)CNC(=O)c2sccc2S(=O)(=O)N2CCCCC2)cc1. The van der Waals surface area contributed by atoms with E-state index in [1.165, 1.54) is 10.4 Å². The molecule has 1 amide bonds. The van der Waals surface area contributed by atoms with Gasteiger partial charge in [-0.25, -0.2) is 8.42 Å². The van der Waals surface area contributed by atoms with E-state index in [0.717, 1.165) is 41.9 Å². The van der Waals surface area contributed by atoms with E-state index in [9.17, 15) is 18.3 Å². The Kier molecular flexibility index (Phi) is 8.44. The Morgan fingerprint density at radius 3 is 2.58 bits per heavy atom. The normalized spacial score (nSPS) is 16.1. The smallest absolute Gasteiger partial charge is 0.262 e. The Balaban J connectivity index is 1.48. The molecule has 1 atom stereocenters. The highest BCUT2D eigenvalue weighted by molar-refractivity contribution is 7.89. The van der Waals surface area contributed by atoms with Crippen molar-refractivity contribution in [3.63, 3.8) is 0 Å². The number of methoxy groups -OCH3 is 1. The van der Waals surface area contributed by atoms with Gasteiger partial charge in [0.2, 0.25) is 10.0 Å². The summed E-state index contributed by atoms with van der Waals surface area (Å²) < 4.78 is 37.8. The number of benzene rings is 1. The van der Waals surface area contributed by atoms with E-state index < -0.39 is 22.0 Å². The van der Waals surface area contributed by atoms with Crippen LogP contribution >= 0.6 is 11.3 Å². The summed E-state index contributed by atoms with van der Waals surface area (Å²) in [6.07, 6.45) is 1.76. The van der Waals surface area contributed by atoms with Gasteiger partial charge in [0.1, 0.15) is 15.5 Å². The zero-order valence-electron chi connectivity index (χ0n) is 17.5. The molecule has 10 heteroatoms. The topological polar surface area (TPSA) is 105 Å². The Morgan fingerprint density at radius 2 is 1.90 bits per heavy atom. The fraction of sp³-hybridized carbons (Fsp3) is 0.476. The molecule has 0 spiro atoms. The lowest BCUT2D eigenvalue weighted by Gasteiger charge is -2.25. The lowest BCUT2D eigenvalue weighted by molar-refractivity contribution is 0.0285. The van der Waals surface area contributed by atoms with E-state index in [-0.39, 0.29) is 22.9 Å². The number of nitrogens with zero attached hydrogens (tertiary/aromatic N) is 1. The maximum atomic E-state index is 12.9. The maximum Gasteiger partial charge on any atom is 0.262 e. The molecule has 2 N–H and O–H groups in total. The van der Waals surface area contributed by atoms with Gasteiger partial charge in [0.15, 0.2) is 0 Å². The lowest BCUT2D eigenvalue weighted by Crippen LogP contribution is -2.37. The standard InChI is InChI=1S/C21H28N2O6S2/c1-28-18-7-5-16(6-8-18)14-29-15-17(24)13-22-21(25)20-19(9-12-30-20)31(26,27)23-10-3-2-4-11-23/h5-9,12,17,24H,2-4,10-11,13-15H2,1H3,(H,22,25). The predicted octanol–water partition coefficient (Wildman–Crippen LogP) is 2.24. The van der Waals surface area contributed by atoms with E-state index in [2.05, 4.69) is 5.32 Å². The summed E-state index contributed by atoms with van der Waals surface area (Å²) in [5.74, 6) is 0.238. The molecule has 8 nitrogen and oxygen atoms in total. The number of hydrogen-bond acceptors (Lipinski definition) is 7. The first kappa shape index (κ1) is 23.7. The number of piperidine rings is 1. The second-order valence-corrected chi connectivity index (χ2v) is 10.1. The quantitative estimate of drug-likeness (QED) is 0.554. The summed E-state index contributed by atoms with van der Waals surface area (Å²) in [5, 5.41) is 14.3. The molecule has 170 valence electrons. The minimum Gasteiger partial charge on any atom is -0.497 e. The monoisotopic (exact) mass is 468 g/mol. The molecule has 2 heterocycles. The zero-order chi connectivity index (χ0) is 22.3. The minimum absolute atomic E-state index is 0.0298. The molecule has 1 saturated heterocycles. The van der Waals surface area contributed by atoms with Crippen molar-refractivity contribution in [3.05, 3.63) is 46.2 Å². The van der Waals surface area contributed by atoms with Crippen LogP contribution in [0, 0.1) is 0 Å². The number of amides is 1. The molecule has 3 rings (SSSR count). The summed E-state index contributed by atoms with van der Waals surface area (Å²) >= 11 is 1.08. The van der Waals surface area contributed by atoms with E-state index in [4.69, 9.17) is 9.47 Å². The fourth-order valence-electron chi connectivity index (χ4n) is 3.29. The van der Waals surface area contributed by atoms with Crippen LogP contribution in [0.5, 0.6) is 5.75 Å². The third kappa shape index (κ3) is 6.27. The molecule has 1 aliphatic rings. The molecule has 0 bridgehead atoms. The molecular formula is C21H28N2O6S2. The number of aliphatic hydroxyl groups is 1. The van der Waals surface area contributed by atoms with Crippen molar-refractivity contribution in [2.24, 2.45) is 0 Å². The van der Waals surface area contributed by atoms with Crippen molar-refractivity contribution in [1.29, 1.82) is 0 Å². The van der Waals surface area contributed by atoms with Crippen LogP contribution in [-0.2, 0) is 21.4 Å². The first-order valence-electron chi connectivity index (χ1n) is 10.2. The zero-order valence-corrected chi connectivity index (χ0v) is 19.1. The third-order valence-electron chi connectivity index (χ3n) is 5.00. The van der Waals surface area contributed by atoms with Crippen LogP contribution in [0.1, 0.15) is 34.5 Å². The van der Waals surface area contributed by atoms with Gasteiger partial charge in [0.25, 0.3) is 5.91 Å². The van der Waals surface area contributed by atoms with Gasteiger partial charge in [0.05, 0.1) is 26.4 Å². The maximum absolute atomic E-state index is 12.9. The van der Waals surface area contributed by atoms with Crippen molar-refractivity contribution in [3.8, 4) is 5.75 Å². The van der Waals surface area contributed by atoms with E-state index in [0.29, 0.717) is 19.7 Å². The van der Waals surface area contributed by atoms with Crippen LogP contribution in [-0.4, -0.2) is 63.2 Å². The van der Waals surface area contributed by atoms with Crippen molar-refractivity contribution < 1.29 is 27.8 Å². The Labute approximate surface area is 186 Å². The summed E-state index contributed by atoms with van der Waals surface area (Å²) in [7, 11) is -2.10. The number of carbonyl (C=O) groups is 1. The largest absolute Gasteiger partial charge is 0.497 e. The molecule has 1 fully saturated rings. The fourth-order valence-corrected chi connectivity index (χ4v) is 6.13. The van der Waals surface area contributed by atoms with Crippen LogP contribution in [0.3, 0.4) is 0 Å². The van der Waals surface area contributed by atoms with E-state index >= 15 is 0 Å². The molecule has 1 unspecified atom stereocenters. The van der Waals surface area contributed by atoms with Crippen LogP contribution < -0.4 is 10.1 Å². The van der Waals surface area contributed by atoms with Gasteiger partial charge in [-0.3, -0.25) is 4.79 Å². The number of carbonyl (C=O) groups excluding carboxylic acids is 1. The van der Waals surface area contributed by atoms with Gasteiger partial charge in [-0.15, -0.1) is 11.3 Å². The first-order chi connectivity index (χ1) is 14.9. The molecule has 2 aromatic rings. The van der Waals surface area contributed by atoms with Crippen molar-refractivity contribution in [1.82, 2.24) is 9.62 Å². The third-order valence-corrected chi connectivity index (χ3v) is 7.99. The summed E-state index contributed by atoms with van der Waals surface area (Å²) in [6.45, 7) is 1.27. The van der Waals surface area contributed by atoms with E-state index in [1.807, 2.05) is 24.3 Å². The molecule has 1 aromatic carbocycles. The molecule has 1 aromatic heterocycles. The molecular weight excluding hydrogens is 440 g/mol. The highest BCUT2D eigenvalue weighted by atomic mass is 32.2. The van der Waals surface area contributed by atoms with Gasteiger partial charge in [-0.1, -0.05) is 18.6 Å². The van der Waals surface area contributed by atoms with Crippen LogP contribution in [0.4, 0.5) is 0 Å². The summed E-state index contributed by atoms with van der Waals surface area (Å²) in [4.78, 5) is 12.7. The molecule has 31 heavy (non-hydrogen) atoms. The van der Waals surface area contributed by atoms with Gasteiger partial charge in [0, 0.05) is 19.6 Å².